The highest BCUT2D eigenvalue weighted by atomic mass is 16.4. The molecule has 7 N–H and O–H groups in total. The zero-order valence-corrected chi connectivity index (χ0v) is 15.5. The fourth-order valence-electron chi connectivity index (χ4n) is 2.41. The van der Waals surface area contributed by atoms with Crippen LogP contribution in [-0.4, -0.2) is 57.3 Å². The molecule has 27 heavy (non-hydrogen) atoms. The zero-order chi connectivity index (χ0) is 20.7. The molecule has 0 saturated heterocycles. The number of nitrogens with one attached hydrogen (secondary N) is 2. The number of carbonyl (C=O) groups excluding carboxylic acids is 2. The predicted molar refractivity (Wildman–Crippen MR) is 97.8 cm³/mol. The molecular formula is C18H27N3O6. The summed E-state index contributed by atoms with van der Waals surface area (Å²) in [4.78, 5) is 35.9. The number of aromatic hydroxyl groups is 1. The Morgan fingerprint density at radius 2 is 1.52 bits per heavy atom. The van der Waals surface area contributed by atoms with Crippen LogP contribution in [-0.2, 0) is 20.8 Å². The molecule has 4 unspecified atom stereocenters. The molecule has 0 aliphatic carbocycles. The lowest BCUT2D eigenvalue weighted by atomic mass is 10.0. The van der Waals surface area contributed by atoms with Crippen molar-refractivity contribution >= 4 is 17.8 Å². The summed E-state index contributed by atoms with van der Waals surface area (Å²) in [5.74, 6) is -2.90. The number of carbonyl (C=O) groups is 3. The Labute approximate surface area is 157 Å². The monoisotopic (exact) mass is 381 g/mol. The summed E-state index contributed by atoms with van der Waals surface area (Å²) < 4.78 is 0. The predicted octanol–water partition coefficient (Wildman–Crippen LogP) is -0.647. The van der Waals surface area contributed by atoms with Gasteiger partial charge in [-0.1, -0.05) is 26.0 Å². The van der Waals surface area contributed by atoms with Crippen molar-refractivity contribution in [2.75, 3.05) is 0 Å². The van der Waals surface area contributed by atoms with Gasteiger partial charge in [-0.15, -0.1) is 0 Å². The molecule has 4 atom stereocenters. The van der Waals surface area contributed by atoms with Gasteiger partial charge < -0.3 is 31.7 Å². The molecule has 0 saturated carbocycles. The number of phenols is 1. The van der Waals surface area contributed by atoms with E-state index in [-0.39, 0.29) is 18.1 Å². The third-order valence-electron chi connectivity index (χ3n) is 4.02. The Morgan fingerprint density at radius 3 is 1.96 bits per heavy atom. The van der Waals surface area contributed by atoms with E-state index in [2.05, 4.69) is 10.6 Å². The number of benzene rings is 1. The van der Waals surface area contributed by atoms with E-state index in [1.54, 1.807) is 26.0 Å². The summed E-state index contributed by atoms with van der Waals surface area (Å²) in [5.41, 5.74) is 6.63. The van der Waals surface area contributed by atoms with E-state index < -0.39 is 42.0 Å². The molecule has 150 valence electrons. The smallest absolute Gasteiger partial charge is 0.328 e. The van der Waals surface area contributed by atoms with Gasteiger partial charge in [-0.25, -0.2) is 4.79 Å². The first-order chi connectivity index (χ1) is 12.5. The Bertz CT molecular complexity index is 660. The molecule has 1 aromatic rings. The molecule has 0 aliphatic heterocycles. The number of rotatable bonds is 9. The summed E-state index contributed by atoms with van der Waals surface area (Å²) >= 11 is 0. The quantitative estimate of drug-likeness (QED) is 0.331. The minimum Gasteiger partial charge on any atom is -0.508 e. The van der Waals surface area contributed by atoms with Crippen LogP contribution in [0.5, 0.6) is 5.75 Å². The molecule has 0 aromatic heterocycles. The fourth-order valence-corrected chi connectivity index (χ4v) is 2.41. The van der Waals surface area contributed by atoms with Crippen LogP contribution < -0.4 is 16.4 Å². The van der Waals surface area contributed by atoms with Crippen LogP contribution in [0.1, 0.15) is 26.3 Å². The third kappa shape index (κ3) is 6.87. The second kappa shape index (κ2) is 9.89. The molecule has 9 nitrogen and oxygen atoms in total. The zero-order valence-electron chi connectivity index (χ0n) is 15.5. The van der Waals surface area contributed by atoms with Gasteiger partial charge in [-0.05, 0) is 37.0 Å². The van der Waals surface area contributed by atoms with Gasteiger partial charge in [0.2, 0.25) is 11.8 Å². The second-order valence-corrected chi connectivity index (χ2v) is 6.77. The topological polar surface area (TPSA) is 162 Å². The van der Waals surface area contributed by atoms with E-state index in [0.29, 0.717) is 0 Å². The highest BCUT2D eigenvalue weighted by molar-refractivity contribution is 5.92. The van der Waals surface area contributed by atoms with Crippen LogP contribution in [0.25, 0.3) is 0 Å². The first-order valence-electron chi connectivity index (χ1n) is 8.58. The van der Waals surface area contributed by atoms with Crippen molar-refractivity contribution < 1.29 is 29.7 Å². The lowest BCUT2D eigenvalue weighted by molar-refractivity contribution is -0.145. The van der Waals surface area contributed by atoms with Crippen molar-refractivity contribution in [3.8, 4) is 5.75 Å². The summed E-state index contributed by atoms with van der Waals surface area (Å²) in [5, 5.41) is 32.6. The largest absolute Gasteiger partial charge is 0.508 e. The maximum atomic E-state index is 12.4. The van der Waals surface area contributed by atoms with Gasteiger partial charge in [0.15, 0.2) is 6.04 Å². The number of hydrogen-bond donors (Lipinski definition) is 6. The molecular weight excluding hydrogens is 354 g/mol. The Morgan fingerprint density at radius 1 is 1.00 bits per heavy atom. The van der Waals surface area contributed by atoms with Crippen molar-refractivity contribution in [1.82, 2.24) is 10.6 Å². The lowest BCUT2D eigenvalue weighted by Gasteiger charge is -2.26. The minimum absolute atomic E-state index is 0.0967. The molecule has 1 aromatic carbocycles. The van der Waals surface area contributed by atoms with Crippen LogP contribution in [0.4, 0.5) is 0 Å². The molecule has 2 amide bonds. The lowest BCUT2D eigenvalue weighted by Crippen LogP contribution is -2.58. The highest BCUT2D eigenvalue weighted by Gasteiger charge is 2.31. The van der Waals surface area contributed by atoms with E-state index in [4.69, 9.17) is 10.8 Å². The number of carboxylic acid groups (broad SMARTS) is 1. The SMILES string of the molecule is CC(C)C(NC(=O)C(N)Cc1ccc(O)cc1)C(=O)NC(C(=O)O)C(C)O. The third-order valence-corrected chi connectivity index (χ3v) is 4.02. The maximum absolute atomic E-state index is 12.4. The van der Waals surface area contributed by atoms with Crippen molar-refractivity contribution in [3.05, 3.63) is 29.8 Å². The normalized spacial score (nSPS) is 15.5. The van der Waals surface area contributed by atoms with Crippen molar-refractivity contribution in [2.24, 2.45) is 11.7 Å². The number of phenolic OH excluding ortho intramolecular Hbond substituents is 1. The van der Waals surface area contributed by atoms with Gasteiger partial charge in [-0.3, -0.25) is 9.59 Å². The molecule has 0 fully saturated rings. The molecule has 0 radical (unpaired) electrons. The standard InChI is InChI=1S/C18H27N3O6/c1-9(2)14(17(25)21-15(10(3)22)18(26)27)20-16(24)13(19)8-11-4-6-12(23)7-5-11/h4-7,9-10,13-15,22-23H,8,19H2,1-3H3,(H,20,24)(H,21,25)(H,26,27). The number of hydrogen-bond acceptors (Lipinski definition) is 6. The molecule has 0 heterocycles. The van der Waals surface area contributed by atoms with Crippen LogP contribution in [0, 0.1) is 5.92 Å². The molecule has 0 spiro atoms. The Hall–Kier alpha value is -2.65. The van der Waals surface area contributed by atoms with Crippen LogP contribution in [0.15, 0.2) is 24.3 Å². The van der Waals surface area contributed by atoms with Crippen molar-refractivity contribution in [3.63, 3.8) is 0 Å². The minimum atomic E-state index is -1.48. The Balaban J connectivity index is 2.76. The van der Waals surface area contributed by atoms with Gasteiger partial charge >= 0.3 is 5.97 Å². The Kier molecular flexibility index (Phi) is 8.20. The van der Waals surface area contributed by atoms with Crippen molar-refractivity contribution in [2.45, 2.75) is 51.4 Å². The summed E-state index contributed by atoms with van der Waals surface area (Å²) in [6.45, 7) is 4.62. The van der Waals surface area contributed by atoms with E-state index >= 15 is 0 Å². The molecule has 0 aliphatic rings. The van der Waals surface area contributed by atoms with E-state index in [1.165, 1.54) is 19.1 Å². The maximum Gasteiger partial charge on any atom is 0.328 e. The van der Waals surface area contributed by atoms with E-state index in [0.717, 1.165) is 5.56 Å². The van der Waals surface area contributed by atoms with Gasteiger partial charge in [-0.2, -0.15) is 0 Å². The molecule has 9 heteroatoms. The average Bonchev–Trinajstić information content (AvgIpc) is 2.58. The van der Waals surface area contributed by atoms with Crippen LogP contribution in [0.2, 0.25) is 0 Å². The number of nitrogens with two attached hydrogens (primary N) is 1. The van der Waals surface area contributed by atoms with E-state index in [9.17, 15) is 24.6 Å². The number of aliphatic carboxylic acids is 1. The van der Waals surface area contributed by atoms with E-state index in [1.807, 2.05) is 0 Å². The molecule has 0 bridgehead atoms. The van der Waals surface area contributed by atoms with Gasteiger partial charge in [0.1, 0.15) is 11.8 Å². The number of amides is 2. The van der Waals surface area contributed by atoms with Crippen LogP contribution in [0.3, 0.4) is 0 Å². The van der Waals surface area contributed by atoms with Gasteiger partial charge in [0, 0.05) is 0 Å². The molecule has 1 rings (SSSR count). The summed E-state index contributed by atoms with van der Waals surface area (Å²) in [6, 6.07) is 2.80. The first-order valence-corrected chi connectivity index (χ1v) is 8.58. The summed E-state index contributed by atoms with van der Waals surface area (Å²) in [7, 11) is 0. The fraction of sp³-hybridized carbons (Fsp3) is 0.500. The highest BCUT2D eigenvalue weighted by Crippen LogP contribution is 2.11. The number of aliphatic hydroxyl groups is 1. The number of carboxylic acids is 1. The average molecular weight is 381 g/mol. The van der Waals surface area contributed by atoms with Crippen molar-refractivity contribution in [1.29, 1.82) is 0 Å². The van der Waals surface area contributed by atoms with Crippen LogP contribution >= 0.6 is 0 Å². The van der Waals surface area contributed by atoms with Gasteiger partial charge in [0.05, 0.1) is 12.1 Å². The second-order valence-electron chi connectivity index (χ2n) is 6.77. The van der Waals surface area contributed by atoms with Gasteiger partial charge in [0.25, 0.3) is 0 Å². The first kappa shape index (κ1) is 22.4. The summed E-state index contributed by atoms with van der Waals surface area (Å²) in [6.07, 6.45) is -1.10. The number of aliphatic hydroxyl groups excluding tert-OH is 1.